The minimum absolute atomic E-state index is 0.00626. The number of alkyl carbamates (subject to hydrolysis) is 1. The molecule has 0 spiro atoms. The molecule has 3 aliphatic heterocycles. The maximum absolute atomic E-state index is 15.6. The summed E-state index contributed by atoms with van der Waals surface area (Å²) < 4.78 is 96.4. The molecule has 1 aliphatic carbocycles. The Labute approximate surface area is 838 Å². The first kappa shape index (κ1) is 117. The number of aliphatic hydroxyl groups excluding tert-OH is 5. The van der Waals surface area contributed by atoms with Gasteiger partial charge >= 0.3 is 18.1 Å². The molecular formula is C97H142FN15O32. The van der Waals surface area contributed by atoms with E-state index in [0.29, 0.717) is 246 Å². The van der Waals surface area contributed by atoms with Crippen molar-refractivity contribution in [1.82, 2.24) is 66.7 Å². The molecule has 0 saturated heterocycles. The standard InChI is InChI=1S/C97H142FN15O32/c1-5-97(131)70-54-76-87-68(58-113(76)93(127)69(70)61-144-94(97)128)85-72(21-20-67-63(4)71(98)55-75(105-87)84(67)85)107-96(130)145-60-64-15-17-65(18-16-64)103-90(124)74(13-11-27-101-95(99)129)106-92(126)86(62(2)3)108-91(125)73(104-81(119)14-7-6-10-28-112-82(120)23-24-83(112)121)12-8-9-26-100-80(118)25-30-132-32-34-134-36-38-136-40-42-138-44-46-140-48-50-142-52-53-143-51-49-141-47-45-139-43-41-137-39-37-135-35-33-133-31-29-111-57-66(109-110-111)19-22-79(117)102-56-77(115)88(122)89(123)78(116)59-114/h15-18,23-24,54-55,57,62,72-74,77-78,86,88-89,114-116,122-123,131H,5-14,19-22,25-53,56,58-61H2,1-4H3,(H,100,118)(H,102,117)(H,103,124)(H,104,119)(H,106,126)(H,107,130)(H,108,125)(H3,99,101,129)/t72-,73-,74-,77-,78+,86-,88+,89+,97-/m0/s1. The monoisotopic (exact) mass is 2050 g/mol. The number of hydrogen-bond donors (Lipinski definition) is 15. The van der Waals surface area contributed by atoms with Crippen LogP contribution in [0, 0.1) is 18.7 Å². The SMILES string of the molecule is CC[C@@]1(O)C(=O)OCc2c1cc1n(c2=O)Cc2c-1nc1cc(F)c(C)c3c1c2[C@@H](NC(=O)OCc1ccc(NC(=O)[C@H](CCCNC(N)=O)NC(=O)[C@@H](NC(=O)[C@H](CCCCNC(=O)CCOCCOCCOCCOCCOCCOCCOCCOCCOCCOCCOCCOCCn2cc(CCC(=O)NC[C@H](O)[C@@H](O)[C@H](O)[C@H](O)CO)nn2)NC(=O)CCCCCN2C(=O)C=CC2=O)C(C)C)cc1)CC3. The van der Waals surface area contributed by atoms with Gasteiger partial charge in [-0.2, -0.15) is 0 Å². The Morgan fingerprint density at radius 3 is 1.72 bits per heavy atom. The fourth-order valence-electron chi connectivity index (χ4n) is 16.1. The van der Waals surface area contributed by atoms with E-state index in [0.717, 1.165) is 4.90 Å². The summed E-state index contributed by atoms with van der Waals surface area (Å²) in [5.41, 5.74) is 7.66. The van der Waals surface area contributed by atoms with E-state index in [2.05, 4.69) is 52.8 Å². The summed E-state index contributed by atoms with van der Waals surface area (Å²) in [6, 6.07) is 4.06. The number of primary amides is 1. The lowest BCUT2D eigenvalue weighted by Crippen LogP contribution is -2.57. The number of halogens is 1. The average molecular weight is 2050 g/mol. The van der Waals surface area contributed by atoms with Crippen molar-refractivity contribution in [3.63, 3.8) is 0 Å². The van der Waals surface area contributed by atoms with E-state index in [1.165, 1.54) is 22.8 Å². The molecule has 9 atom stereocenters. The second-order valence-corrected chi connectivity index (χ2v) is 35.1. The second kappa shape index (κ2) is 63.4. The number of aliphatic hydroxyl groups is 6. The molecule has 5 aromatic rings. The average Bonchev–Trinajstić information content (AvgIpc) is 1.59. The van der Waals surface area contributed by atoms with Gasteiger partial charge in [0.1, 0.15) is 55.5 Å². The number of benzene rings is 2. The molecule has 4 aliphatic rings. The van der Waals surface area contributed by atoms with Crippen LogP contribution in [-0.4, -0.2) is 359 Å². The Hall–Kier alpha value is -11.1. The number of unbranched alkanes of at least 4 members (excludes halogenated alkanes) is 3. The van der Waals surface area contributed by atoms with E-state index >= 15 is 4.39 Å². The van der Waals surface area contributed by atoms with Crippen LogP contribution in [0.3, 0.4) is 0 Å². The summed E-state index contributed by atoms with van der Waals surface area (Å²) in [6.45, 7) is 14.5. The van der Waals surface area contributed by atoms with E-state index in [1.807, 2.05) is 0 Å². The summed E-state index contributed by atoms with van der Waals surface area (Å²) in [5.74, 6) is -6.04. The number of carbonyl (C=O) groups is 11. The Morgan fingerprint density at radius 2 is 1.14 bits per heavy atom. The Morgan fingerprint density at radius 1 is 0.593 bits per heavy atom. The third kappa shape index (κ3) is 38.6. The highest BCUT2D eigenvalue weighted by molar-refractivity contribution is 6.13. The fraction of sp³-hybridized carbons (Fsp3) is 0.639. The van der Waals surface area contributed by atoms with Crippen LogP contribution in [0.25, 0.3) is 22.3 Å². The predicted octanol–water partition coefficient (Wildman–Crippen LogP) is 0.0758. The summed E-state index contributed by atoms with van der Waals surface area (Å²) in [6.07, 6.45) is -0.207. The van der Waals surface area contributed by atoms with Gasteiger partial charge in [0.25, 0.3) is 17.4 Å². The molecule has 0 saturated carbocycles. The van der Waals surface area contributed by atoms with Crippen molar-refractivity contribution < 1.29 is 154 Å². The molecule has 48 heteroatoms. The maximum Gasteiger partial charge on any atom is 0.407 e. The van der Waals surface area contributed by atoms with Gasteiger partial charge in [0.15, 0.2) is 5.60 Å². The molecule has 6 heterocycles. The van der Waals surface area contributed by atoms with Crippen LogP contribution in [0.1, 0.15) is 155 Å². The summed E-state index contributed by atoms with van der Waals surface area (Å²) in [5, 5.41) is 89.9. The maximum atomic E-state index is 15.6. The van der Waals surface area contributed by atoms with Gasteiger partial charge in [-0.05, 0) is 118 Å². The Bertz CT molecular complexity index is 5050. The molecule has 0 radical (unpaired) electrons. The number of amides is 11. The number of nitrogens with one attached hydrogen (secondary N) is 8. The van der Waals surface area contributed by atoms with Crippen LogP contribution < -0.4 is 53.8 Å². The van der Waals surface area contributed by atoms with Crippen molar-refractivity contribution in [3.8, 4) is 11.4 Å². The minimum Gasteiger partial charge on any atom is -0.458 e. The zero-order valence-corrected chi connectivity index (χ0v) is 82.8. The summed E-state index contributed by atoms with van der Waals surface area (Å²) >= 11 is 0. The lowest BCUT2D eigenvalue weighted by atomic mass is 9.81. The number of esters is 1. The number of rotatable bonds is 75. The number of carbonyl (C=O) groups excluding carboxylic acids is 11. The van der Waals surface area contributed by atoms with Gasteiger partial charge in [-0.3, -0.25) is 48.1 Å². The number of ether oxygens (including phenoxy) is 14. The van der Waals surface area contributed by atoms with Gasteiger partial charge < -0.3 is 150 Å². The third-order valence-corrected chi connectivity index (χ3v) is 24.2. The van der Waals surface area contributed by atoms with Crippen LogP contribution in [-0.2, 0) is 154 Å². The highest BCUT2D eigenvalue weighted by Crippen LogP contribution is 2.46. The van der Waals surface area contributed by atoms with Crippen LogP contribution in [0.15, 0.2) is 59.5 Å². The molecule has 2 aromatic carbocycles. The Kier molecular flexibility index (Phi) is 51.4. The molecular weight excluding hydrogens is 1910 g/mol. The fourth-order valence-corrected chi connectivity index (χ4v) is 16.1. The normalized spacial score (nSPS) is 16.0. The molecule has 47 nitrogen and oxygen atoms in total. The number of urea groups is 1. The van der Waals surface area contributed by atoms with Crippen molar-refractivity contribution in [2.45, 2.75) is 204 Å². The van der Waals surface area contributed by atoms with E-state index < -0.39 is 138 Å². The number of fused-ring (bicyclic) bond motifs is 5. The quantitative estimate of drug-likeness (QED) is 0.0137. The molecule has 0 unspecified atom stereocenters. The largest absolute Gasteiger partial charge is 0.458 e. The van der Waals surface area contributed by atoms with Crippen LogP contribution >= 0.6 is 0 Å². The molecule has 0 fully saturated rings. The highest BCUT2D eigenvalue weighted by Gasteiger charge is 2.47. The van der Waals surface area contributed by atoms with Gasteiger partial charge in [0.2, 0.25) is 35.4 Å². The molecule has 16 N–H and O–H groups in total. The van der Waals surface area contributed by atoms with Crippen molar-refractivity contribution in [3.05, 3.63) is 116 Å². The molecule has 145 heavy (non-hydrogen) atoms. The van der Waals surface area contributed by atoms with Crippen molar-refractivity contribution in [2.75, 3.05) is 197 Å². The topological polar surface area (TPSA) is 629 Å². The van der Waals surface area contributed by atoms with Gasteiger partial charge in [-0.15, -0.1) is 5.10 Å². The van der Waals surface area contributed by atoms with Crippen molar-refractivity contribution >= 4 is 81.9 Å². The summed E-state index contributed by atoms with van der Waals surface area (Å²) in [7, 11) is 0. The lowest BCUT2D eigenvalue weighted by Gasteiger charge is -2.31. The van der Waals surface area contributed by atoms with Gasteiger partial charge in [0, 0.05) is 98.5 Å². The van der Waals surface area contributed by atoms with Crippen LogP contribution in [0.4, 0.5) is 19.7 Å². The number of imide groups is 1. The van der Waals surface area contributed by atoms with Crippen LogP contribution in [0.2, 0.25) is 0 Å². The molecule has 804 valence electrons. The molecule has 3 aromatic heterocycles. The van der Waals surface area contributed by atoms with Crippen LogP contribution in [0.5, 0.6) is 0 Å². The number of aromatic nitrogens is 5. The highest BCUT2D eigenvalue weighted by atomic mass is 19.1. The van der Waals surface area contributed by atoms with E-state index in [1.54, 1.807) is 68.9 Å². The number of nitrogens with two attached hydrogens (primary N) is 1. The van der Waals surface area contributed by atoms with Gasteiger partial charge in [0.05, 0.1) is 219 Å². The van der Waals surface area contributed by atoms with Crippen molar-refractivity contribution in [2.24, 2.45) is 11.7 Å². The van der Waals surface area contributed by atoms with Crippen molar-refractivity contribution in [1.29, 1.82) is 0 Å². The number of pyridine rings is 2. The van der Waals surface area contributed by atoms with E-state index in [-0.39, 0.29) is 140 Å². The number of cyclic esters (lactones) is 1. The van der Waals surface area contributed by atoms with E-state index in [9.17, 15) is 83.1 Å². The smallest absolute Gasteiger partial charge is 0.407 e. The minimum atomic E-state index is -2.08. The lowest BCUT2D eigenvalue weighted by molar-refractivity contribution is -0.172. The van der Waals surface area contributed by atoms with Gasteiger partial charge in [-0.1, -0.05) is 44.5 Å². The summed E-state index contributed by atoms with van der Waals surface area (Å²) in [4.78, 5) is 164. The molecule has 9 rings (SSSR count). The molecule has 11 amide bonds. The third-order valence-electron chi connectivity index (χ3n) is 24.2. The number of nitrogens with zero attached hydrogens (tertiary/aromatic N) is 6. The number of anilines is 1. The molecule has 0 bridgehead atoms. The Balaban J connectivity index is 0.578. The number of aryl methyl sites for hydroxylation is 2. The first-order chi connectivity index (χ1) is 70.0. The zero-order chi connectivity index (χ0) is 104. The van der Waals surface area contributed by atoms with Gasteiger partial charge in [-0.25, -0.2) is 28.4 Å². The zero-order valence-electron chi connectivity index (χ0n) is 82.8. The first-order valence-corrected chi connectivity index (χ1v) is 49.3. The predicted molar refractivity (Wildman–Crippen MR) is 514 cm³/mol. The number of hydrogen-bond acceptors (Lipinski definition) is 35. The van der Waals surface area contributed by atoms with E-state index in [4.69, 9.17) is 82.1 Å². The first-order valence-electron chi connectivity index (χ1n) is 49.3. The second-order valence-electron chi connectivity index (χ2n) is 35.1.